The molecule has 2 aromatic carbocycles. The van der Waals surface area contributed by atoms with E-state index in [2.05, 4.69) is 31.2 Å². The fraction of sp³-hybridized carbons (Fsp3) is 0.240. The van der Waals surface area contributed by atoms with Gasteiger partial charge in [-0.1, -0.05) is 35.9 Å². The number of carboxylic acids is 1. The van der Waals surface area contributed by atoms with Crippen molar-refractivity contribution < 1.29 is 23.1 Å². The van der Waals surface area contributed by atoms with Gasteiger partial charge in [0.2, 0.25) is 0 Å². The highest BCUT2D eigenvalue weighted by Crippen LogP contribution is 2.28. The van der Waals surface area contributed by atoms with Crippen LogP contribution in [0.2, 0.25) is 5.02 Å². The van der Waals surface area contributed by atoms with E-state index in [1.807, 2.05) is 42.5 Å². The highest BCUT2D eigenvalue weighted by atomic mass is 35.5. The Hall–Kier alpha value is -4.03. The molecule has 0 unspecified atom stereocenters. The molecule has 38 heavy (non-hydrogen) atoms. The van der Waals surface area contributed by atoms with Gasteiger partial charge in [-0.15, -0.1) is 0 Å². The molecule has 2 aromatic heterocycles. The van der Waals surface area contributed by atoms with Crippen LogP contribution >= 0.6 is 11.6 Å². The third-order valence-corrected chi connectivity index (χ3v) is 5.82. The maximum Gasteiger partial charge on any atom is 0.490 e. The quantitative estimate of drug-likeness (QED) is 0.366. The molecule has 2 N–H and O–H groups in total. The molecule has 1 aliphatic heterocycles. The van der Waals surface area contributed by atoms with Gasteiger partial charge in [-0.3, -0.25) is 4.90 Å². The average Bonchev–Trinajstić information content (AvgIpc) is 2.89. The molecule has 1 aliphatic rings. The fourth-order valence-electron chi connectivity index (χ4n) is 3.81. The first-order valence-electron chi connectivity index (χ1n) is 11.5. The number of halogens is 4. The van der Waals surface area contributed by atoms with E-state index in [0.29, 0.717) is 0 Å². The zero-order valence-corrected chi connectivity index (χ0v) is 20.7. The Morgan fingerprint density at radius 2 is 1.61 bits per heavy atom. The van der Waals surface area contributed by atoms with Gasteiger partial charge in [-0.05, 0) is 29.8 Å². The molecule has 9 nitrogen and oxygen atoms in total. The van der Waals surface area contributed by atoms with Gasteiger partial charge < -0.3 is 15.3 Å². The molecule has 13 heteroatoms. The van der Waals surface area contributed by atoms with Crippen molar-refractivity contribution in [2.45, 2.75) is 12.7 Å². The Labute approximate surface area is 220 Å². The molecule has 1 fully saturated rings. The molecule has 0 spiro atoms. The van der Waals surface area contributed by atoms with Crippen LogP contribution in [0.4, 0.5) is 30.5 Å². The smallest absolute Gasteiger partial charge is 0.475 e. The summed E-state index contributed by atoms with van der Waals surface area (Å²) >= 11 is 6.14. The van der Waals surface area contributed by atoms with Crippen LogP contribution in [0.15, 0.2) is 67.3 Å². The Kier molecular flexibility index (Phi) is 8.54. The molecule has 0 radical (unpaired) electrons. The number of nitrogens with one attached hydrogen (secondary N) is 1. The lowest BCUT2D eigenvalue weighted by molar-refractivity contribution is -0.192. The Morgan fingerprint density at radius 3 is 2.21 bits per heavy atom. The number of rotatable bonds is 5. The summed E-state index contributed by atoms with van der Waals surface area (Å²) in [6.45, 7) is 4.51. The number of benzene rings is 2. The molecular formula is C25H23ClF3N7O2. The minimum absolute atomic E-state index is 0.719. The van der Waals surface area contributed by atoms with E-state index in [-0.39, 0.29) is 0 Å². The van der Waals surface area contributed by atoms with Crippen LogP contribution in [0.3, 0.4) is 0 Å². The minimum atomic E-state index is -5.08. The second-order valence-electron chi connectivity index (χ2n) is 8.33. The van der Waals surface area contributed by atoms with Gasteiger partial charge in [-0.25, -0.2) is 24.7 Å². The molecule has 1 saturated heterocycles. The van der Waals surface area contributed by atoms with E-state index in [1.54, 1.807) is 12.4 Å². The predicted molar refractivity (Wildman–Crippen MR) is 137 cm³/mol. The third-order valence-electron chi connectivity index (χ3n) is 5.58. The Bertz CT molecular complexity index is 1380. The molecule has 0 atom stereocenters. The summed E-state index contributed by atoms with van der Waals surface area (Å²) in [5.41, 5.74) is 3.75. The van der Waals surface area contributed by atoms with E-state index >= 15 is 0 Å². The first-order chi connectivity index (χ1) is 18.2. The lowest BCUT2D eigenvalue weighted by Gasteiger charge is -2.36. The van der Waals surface area contributed by atoms with Crippen molar-refractivity contribution in [3.63, 3.8) is 0 Å². The number of hydrogen-bond acceptors (Lipinski definition) is 8. The number of nitrogens with zero attached hydrogens (tertiary/aromatic N) is 6. The number of carbonyl (C=O) groups is 1. The van der Waals surface area contributed by atoms with Gasteiger partial charge in [0.15, 0.2) is 11.6 Å². The Balaban J connectivity index is 0.000000426. The monoisotopic (exact) mass is 545 g/mol. The average molecular weight is 546 g/mol. The highest BCUT2D eigenvalue weighted by molar-refractivity contribution is 6.30. The van der Waals surface area contributed by atoms with Crippen molar-refractivity contribution in [3.05, 3.63) is 77.8 Å². The lowest BCUT2D eigenvalue weighted by atomic mass is 10.2. The van der Waals surface area contributed by atoms with Crippen LogP contribution in [0.5, 0.6) is 0 Å². The number of fused-ring (bicyclic) bond motifs is 1. The molecule has 0 amide bonds. The van der Waals surface area contributed by atoms with Crippen LogP contribution in [0.25, 0.3) is 11.0 Å². The minimum Gasteiger partial charge on any atom is -0.475 e. The summed E-state index contributed by atoms with van der Waals surface area (Å²) in [6, 6.07) is 16.0. The largest absolute Gasteiger partial charge is 0.490 e. The van der Waals surface area contributed by atoms with Crippen molar-refractivity contribution >= 4 is 45.9 Å². The molecule has 0 saturated carbocycles. The predicted octanol–water partition coefficient (Wildman–Crippen LogP) is 4.77. The zero-order valence-electron chi connectivity index (χ0n) is 19.9. The van der Waals surface area contributed by atoms with Crippen LogP contribution < -0.4 is 10.2 Å². The van der Waals surface area contributed by atoms with E-state index < -0.39 is 12.1 Å². The second-order valence-corrected chi connectivity index (χ2v) is 8.77. The summed E-state index contributed by atoms with van der Waals surface area (Å²) < 4.78 is 31.7. The number of carboxylic acid groups (broad SMARTS) is 1. The van der Waals surface area contributed by atoms with Crippen molar-refractivity contribution in [2.75, 3.05) is 36.4 Å². The molecule has 5 rings (SSSR count). The topological polar surface area (TPSA) is 107 Å². The van der Waals surface area contributed by atoms with Gasteiger partial charge in [0.1, 0.15) is 6.33 Å². The molecule has 0 aliphatic carbocycles. The van der Waals surface area contributed by atoms with Crippen LogP contribution in [-0.2, 0) is 11.3 Å². The lowest BCUT2D eigenvalue weighted by Crippen LogP contribution is -2.46. The first kappa shape index (κ1) is 27.0. The van der Waals surface area contributed by atoms with Crippen molar-refractivity contribution in [1.82, 2.24) is 24.8 Å². The highest BCUT2D eigenvalue weighted by Gasteiger charge is 2.38. The third kappa shape index (κ3) is 7.26. The van der Waals surface area contributed by atoms with E-state index in [0.717, 1.165) is 66.1 Å². The normalized spacial score (nSPS) is 14.1. The number of anilines is 3. The van der Waals surface area contributed by atoms with Gasteiger partial charge in [0, 0.05) is 37.7 Å². The standard InChI is InChI=1S/C23H22ClN7.C2HF3O2/c24-18-5-3-4-17(12-18)15-30-8-10-31(11-9-30)23-22(27-19-13-25-16-26-14-19)28-20-6-1-2-7-21(20)29-23;3-2(4,5)1(6)7/h1-7,12-14,16H,8-11,15H2,(H,27,28);(H,6,7). The molecule has 198 valence electrons. The van der Waals surface area contributed by atoms with E-state index in [1.165, 1.54) is 11.9 Å². The molecule has 3 heterocycles. The van der Waals surface area contributed by atoms with Crippen LogP contribution in [-0.4, -0.2) is 68.3 Å². The maximum absolute atomic E-state index is 10.6. The van der Waals surface area contributed by atoms with Crippen LogP contribution in [0, 0.1) is 0 Å². The number of aliphatic carboxylic acids is 1. The summed E-state index contributed by atoms with van der Waals surface area (Å²) in [4.78, 5) is 31.6. The number of aromatic nitrogens is 4. The summed E-state index contributed by atoms with van der Waals surface area (Å²) in [6.07, 6.45) is -0.107. The fourth-order valence-corrected chi connectivity index (χ4v) is 4.02. The first-order valence-corrected chi connectivity index (χ1v) is 11.9. The SMILES string of the molecule is Clc1cccc(CN2CCN(c3nc4ccccc4nc3Nc3cncnc3)CC2)c1.O=C(O)C(F)(F)F. The van der Waals surface area contributed by atoms with E-state index in [9.17, 15) is 13.2 Å². The van der Waals surface area contributed by atoms with E-state index in [4.69, 9.17) is 31.5 Å². The molecule has 0 bridgehead atoms. The van der Waals surface area contributed by atoms with Gasteiger partial charge in [0.05, 0.1) is 29.1 Å². The summed E-state index contributed by atoms with van der Waals surface area (Å²) in [5, 5.41) is 11.3. The summed E-state index contributed by atoms with van der Waals surface area (Å²) in [5.74, 6) is -1.19. The van der Waals surface area contributed by atoms with Crippen molar-refractivity contribution in [3.8, 4) is 0 Å². The van der Waals surface area contributed by atoms with Gasteiger partial charge >= 0.3 is 12.1 Å². The summed E-state index contributed by atoms with van der Waals surface area (Å²) in [7, 11) is 0. The number of alkyl halides is 3. The van der Waals surface area contributed by atoms with Crippen molar-refractivity contribution in [2.24, 2.45) is 0 Å². The van der Waals surface area contributed by atoms with Gasteiger partial charge in [0.25, 0.3) is 0 Å². The Morgan fingerprint density at radius 1 is 0.974 bits per heavy atom. The molecule has 4 aromatic rings. The maximum atomic E-state index is 10.6. The molecular weight excluding hydrogens is 523 g/mol. The number of para-hydroxylation sites is 2. The zero-order chi connectivity index (χ0) is 27.1. The number of piperazine rings is 1. The van der Waals surface area contributed by atoms with Crippen molar-refractivity contribution in [1.29, 1.82) is 0 Å². The number of hydrogen-bond donors (Lipinski definition) is 2. The second kappa shape index (κ2) is 12.0. The van der Waals surface area contributed by atoms with Gasteiger partial charge in [-0.2, -0.15) is 13.2 Å². The van der Waals surface area contributed by atoms with Crippen LogP contribution in [0.1, 0.15) is 5.56 Å².